The Morgan fingerprint density at radius 3 is 2.19 bits per heavy atom. The van der Waals surface area contributed by atoms with Crippen LogP contribution in [0.3, 0.4) is 0 Å². The number of carbonyl (C=O) groups excluding carboxylic acids is 2. The van der Waals surface area contributed by atoms with Gasteiger partial charge in [-0.15, -0.1) is 0 Å². The van der Waals surface area contributed by atoms with Gasteiger partial charge in [-0.2, -0.15) is 0 Å². The van der Waals surface area contributed by atoms with Crippen molar-refractivity contribution in [3.63, 3.8) is 0 Å². The Morgan fingerprint density at radius 1 is 0.844 bits per heavy atom. The summed E-state index contributed by atoms with van der Waals surface area (Å²) in [6, 6.07) is 18.8. The quantitative estimate of drug-likeness (QED) is 0.460. The lowest BCUT2D eigenvalue weighted by Gasteiger charge is -2.12. The first kappa shape index (κ1) is 22.9. The Kier molecular flexibility index (Phi) is 7.51. The molecule has 0 radical (unpaired) electrons. The summed E-state index contributed by atoms with van der Waals surface area (Å²) in [6.45, 7) is 3.85. The maximum absolute atomic E-state index is 13.0. The van der Waals surface area contributed by atoms with Gasteiger partial charge < -0.3 is 15.4 Å². The molecule has 3 aromatic carbocycles. The number of rotatable bonds is 6. The number of amides is 2. The molecular weight excluding hydrogens is 429 g/mol. The van der Waals surface area contributed by atoms with Gasteiger partial charge in [-0.1, -0.05) is 6.07 Å². The fraction of sp³-hybridized carbons (Fsp3) is 0.125. The van der Waals surface area contributed by atoms with Gasteiger partial charge in [0.2, 0.25) is 0 Å². The van der Waals surface area contributed by atoms with E-state index in [1.807, 2.05) is 13.8 Å². The first-order valence-electron chi connectivity index (χ1n) is 9.86. The number of nitrogens with one attached hydrogen (secondary N) is 3. The van der Waals surface area contributed by atoms with Gasteiger partial charge in [0, 0.05) is 22.5 Å². The Bertz CT molecular complexity index is 1120. The third-order valence-electron chi connectivity index (χ3n) is 4.20. The van der Waals surface area contributed by atoms with Gasteiger partial charge in [-0.25, -0.2) is 4.39 Å². The molecule has 6 nitrogen and oxygen atoms in total. The summed E-state index contributed by atoms with van der Waals surface area (Å²) in [4.78, 5) is 24.9. The SMILES string of the molecule is CC(C)Oc1ccc(C(=O)NC(=S)Nc2cccc(C(=O)Nc3ccc(F)cc3)c2)cc1. The zero-order chi connectivity index (χ0) is 23.1. The van der Waals surface area contributed by atoms with Crippen LogP contribution in [0.4, 0.5) is 15.8 Å². The summed E-state index contributed by atoms with van der Waals surface area (Å²) < 4.78 is 18.6. The van der Waals surface area contributed by atoms with Crippen LogP contribution in [-0.4, -0.2) is 23.0 Å². The average Bonchev–Trinajstić information content (AvgIpc) is 2.75. The van der Waals surface area contributed by atoms with Crippen molar-refractivity contribution in [2.24, 2.45) is 0 Å². The van der Waals surface area contributed by atoms with Crippen molar-refractivity contribution in [2.45, 2.75) is 20.0 Å². The molecule has 0 bridgehead atoms. The summed E-state index contributed by atoms with van der Waals surface area (Å²) in [5.41, 5.74) is 1.80. The van der Waals surface area contributed by atoms with Crippen LogP contribution in [0.5, 0.6) is 5.75 Å². The van der Waals surface area contributed by atoms with Crippen LogP contribution >= 0.6 is 12.2 Å². The van der Waals surface area contributed by atoms with Crippen molar-refractivity contribution in [2.75, 3.05) is 10.6 Å². The monoisotopic (exact) mass is 451 g/mol. The molecule has 0 heterocycles. The highest BCUT2D eigenvalue weighted by atomic mass is 32.1. The van der Waals surface area contributed by atoms with E-state index in [1.165, 1.54) is 24.3 Å². The molecule has 0 aromatic heterocycles. The van der Waals surface area contributed by atoms with Crippen molar-refractivity contribution < 1.29 is 18.7 Å². The second kappa shape index (κ2) is 10.5. The third kappa shape index (κ3) is 6.61. The van der Waals surface area contributed by atoms with Crippen LogP contribution in [0.25, 0.3) is 0 Å². The van der Waals surface area contributed by atoms with Gasteiger partial charge >= 0.3 is 0 Å². The number of hydrogen-bond donors (Lipinski definition) is 3. The summed E-state index contributed by atoms with van der Waals surface area (Å²) in [7, 11) is 0. The lowest BCUT2D eigenvalue weighted by atomic mass is 10.2. The third-order valence-corrected chi connectivity index (χ3v) is 4.40. The average molecular weight is 452 g/mol. The van der Waals surface area contributed by atoms with Gasteiger partial charge in [0.05, 0.1) is 6.10 Å². The maximum atomic E-state index is 13.0. The van der Waals surface area contributed by atoms with Crippen LogP contribution in [-0.2, 0) is 0 Å². The smallest absolute Gasteiger partial charge is 0.257 e. The van der Waals surface area contributed by atoms with Crippen molar-refractivity contribution in [3.8, 4) is 5.75 Å². The molecule has 8 heteroatoms. The Balaban J connectivity index is 1.58. The highest BCUT2D eigenvalue weighted by molar-refractivity contribution is 7.80. The van der Waals surface area contributed by atoms with Crippen LogP contribution in [0, 0.1) is 5.82 Å². The number of halogens is 1. The molecule has 0 aliphatic rings. The summed E-state index contributed by atoms with van der Waals surface area (Å²) in [6.07, 6.45) is 0.0417. The molecule has 0 unspecified atom stereocenters. The topological polar surface area (TPSA) is 79.5 Å². The molecule has 0 spiro atoms. The molecule has 0 aliphatic carbocycles. The molecule has 0 atom stereocenters. The number of carbonyl (C=O) groups is 2. The Labute approximate surface area is 190 Å². The standard InChI is InChI=1S/C24H22FN3O3S/c1-15(2)31-21-12-6-16(7-13-21)22(29)28-24(32)27-20-5-3-4-17(14-20)23(30)26-19-10-8-18(25)9-11-19/h3-15H,1-2H3,(H,26,30)(H2,27,28,29,32). The molecule has 164 valence electrons. The largest absolute Gasteiger partial charge is 0.491 e. The Morgan fingerprint density at radius 2 is 1.53 bits per heavy atom. The molecule has 0 saturated carbocycles. The lowest BCUT2D eigenvalue weighted by molar-refractivity contribution is 0.0976. The number of hydrogen-bond acceptors (Lipinski definition) is 4. The highest BCUT2D eigenvalue weighted by Crippen LogP contribution is 2.16. The summed E-state index contributed by atoms with van der Waals surface area (Å²) in [5, 5.41) is 8.28. The van der Waals surface area contributed by atoms with E-state index in [2.05, 4.69) is 16.0 Å². The minimum Gasteiger partial charge on any atom is -0.491 e. The zero-order valence-electron chi connectivity index (χ0n) is 17.5. The van der Waals surface area contributed by atoms with Crippen molar-refractivity contribution in [1.82, 2.24) is 5.32 Å². The number of benzene rings is 3. The first-order valence-corrected chi connectivity index (χ1v) is 10.3. The van der Waals surface area contributed by atoms with E-state index in [0.29, 0.717) is 28.3 Å². The first-order chi connectivity index (χ1) is 15.3. The molecule has 3 N–H and O–H groups in total. The fourth-order valence-corrected chi connectivity index (χ4v) is 2.98. The van der Waals surface area contributed by atoms with E-state index in [4.69, 9.17) is 17.0 Å². The van der Waals surface area contributed by atoms with E-state index < -0.39 is 0 Å². The minimum absolute atomic E-state index is 0.0417. The Hall–Kier alpha value is -3.78. The summed E-state index contributed by atoms with van der Waals surface area (Å²) >= 11 is 5.22. The normalized spacial score (nSPS) is 10.4. The van der Waals surface area contributed by atoms with Crippen molar-refractivity contribution >= 4 is 40.5 Å². The van der Waals surface area contributed by atoms with E-state index in [9.17, 15) is 14.0 Å². The van der Waals surface area contributed by atoms with Crippen LogP contribution in [0.2, 0.25) is 0 Å². The van der Waals surface area contributed by atoms with Gasteiger partial charge in [0.25, 0.3) is 11.8 Å². The van der Waals surface area contributed by atoms with Crippen LogP contribution in [0.15, 0.2) is 72.8 Å². The van der Waals surface area contributed by atoms with Gasteiger partial charge in [-0.3, -0.25) is 14.9 Å². The lowest BCUT2D eigenvalue weighted by Crippen LogP contribution is -2.34. The van der Waals surface area contributed by atoms with Crippen LogP contribution in [0.1, 0.15) is 34.6 Å². The van der Waals surface area contributed by atoms with E-state index in [-0.39, 0.29) is 28.8 Å². The maximum Gasteiger partial charge on any atom is 0.257 e. The molecule has 0 aliphatic heterocycles. The molecule has 2 amide bonds. The molecule has 3 aromatic rings. The number of thiocarbonyl (C=S) groups is 1. The number of anilines is 2. The van der Waals surface area contributed by atoms with Crippen molar-refractivity contribution in [1.29, 1.82) is 0 Å². The molecule has 0 fully saturated rings. The number of ether oxygens (including phenoxy) is 1. The predicted octanol–water partition coefficient (Wildman–Crippen LogP) is 4.99. The molecule has 32 heavy (non-hydrogen) atoms. The van der Waals surface area contributed by atoms with Gasteiger partial charge in [0.15, 0.2) is 5.11 Å². The second-order valence-corrected chi connectivity index (χ2v) is 7.55. The molecular formula is C24H22FN3O3S. The van der Waals surface area contributed by atoms with Crippen LogP contribution < -0.4 is 20.7 Å². The fourth-order valence-electron chi connectivity index (χ4n) is 2.77. The van der Waals surface area contributed by atoms with E-state index in [0.717, 1.165) is 0 Å². The van der Waals surface area contributed by atoms with E-state index in [1.54, 1.807) is 48.5 Å². The molecule has 3 rings (SSSR count). The predicted molar refractivity (Wildman–Crippen MR) is 127 cm³/mol. The van der Waals surface area contributed by atoms with Gasteiger partial charge in [-0.05, 0) is 92.8 Å². The minimum atomic E-state index is -0.385. The second-order valence-electron chi connectivity index (χ2n) is 7.14. The van der Waals surface area contributed by atoms with Gasteiger partial charge in [0.1, 0.15) is 11.6 Å². The highest BCUT2D eigenvalue weighted by Gasteiger charge is 2.11. The molecule has 0 saturated heterocycles. The van der Waals surface area contributed by atoms with E-state index >= 15 is 0 Å². The summed E-state index contributed by atoms with van der Waals surface area (Å²) in [5.74, 6) is -0.444. The van der Waals surface area contributed by atoms with Crippen molar-refractivity contribution in [3.05, 3.63) is 89.7 Å². The zero-order valence-corrected chi connectivity index (χ0v) is 18.3.